The van der Waals surface area contributed by atoms with Gasteiger partial charge in [-0.3, -0.25) is 4.79 Å². The van der Waals surface area contributed by atoms with Gasteiger partial charge in [0, 0.05) is 19.8 Å². The van der Waals surface area contributed by atoms with Gasteiger partial charge in [0.05, 0.1) is 4.90 Å². The molecule has 0 saturated heterocycles. The van der Waals surface area contributed by atoms with Gasteiger partial charge in [-0.1, -0.05) is 6.92 Å². The van der Waals surface area contributed by atoms with Crippen molar-refractivity contribution in [2.75, 3.05) is 19.8 Å². The third-order valence-corrected chi connectivity index (χ3v) is 4.60. The molecule has 1 amide bonds. The van der Waals surface area contributed by atoms with Crippen LogP contribution < -0.4 is 10.0 Å². The number of sulfonamides is 1. The van der Waals surface area contributed by atoms with E-state index in [4.69, 9.17) is 4.74 Å². The van der Waals surface area contributed by atoms with Gasteiger partial charge in [-0.2, -0.15) is 4.72 Å². The number of hydrogen-bond donors (Lipinski definition) is 2. The van der Waals surface area contributed by atoms with E-state index in [1.807, 2.05) is 6.92 Å². The summed E-state index contributed by atoms with van der Waals surface area (Å²) in [6, 6.07) is 3.55. The second-order valence-corrected chi connectivity index (χ2v) is 6.59. The lowest BCUT2D eigenvalue weighted by Crippen LogP contribution is -2.46. The van der Waals surface area contributed by atoms with E-state index >= 15 is 0 Å². The lowest BCUT2D eigenvalue weighted by atomic mass is 10.2. The summed E-state index contributed by atoms with van der Waals surface area (Å²) in [6.07, 6.45) is 0.957. The minimum atomic E-state index is -3.87. The highest BCUT2D eigenvalue weighted by molar-refractivity contribution is 7.89. The van der Waals surface area contributed by atoms with Crippen molar-refractivity contribution in [3.05, 3.63) is 30.1 Å². The average Bonchev–Trinajstić information content (AvgIpc) is 2.52. The van der Waals surface area contributed by atoms with Gasteiger partial charge in [0.15, 0.2) is 0 Å². The van der Waals surface area contributed by atoms with Crippen LogP contribution >= 0.6 is 0 Å². The summed E-state index contributed by atoms with van der Waals surface area (Å²) < 4.78 is 44.8. The number of amides is 1. The second-order valence-electron chi connectivity index (χ2n) is 4.88. The van der Waals surface area contributed by atoms with Crippen LogP contribution in [-0.2, 0) is 19.6 Å². The Kier molecular flexibility index (Phi) is 8.15. The maximum absolute atomic E-state index is 12.9. The zero-order valence-corrected chi connectivity index (χ0v) is 14.2. The minimum absolute atomic E-state index is 0.0819. The standard InChI is InChI=1S/C15H23FN2O4S/c1-3-14(15(19)17-10-5-11-22-4-2)18-23(20,21)13-8-6-12(16)7-9-13/h6-9,14,18H,3-5,10-11H2,1-2H3,(H,17,19). The third-order valence-electron chi connectivity index (χ3n) is 3.11. The van der Waals surface area contributed by atoms with E-state index in [1.54, 1.807) is 6.92 Å². The van der Waals surface area contributed by atoms with Gasteiger partial charge in [0.2, 0.25) is 15.9 Å². The van der Waals surface area contributed by atoms with Crippen LogP contribution in [0.15, 0.2) is 29.2 Å². The number of halogens is 1. The summed E-state index contributed by atoms with van der Waals surface area (Å²) in [5.74, 6) is -0.919. The molecular formula is C15H23FN2O4S. The Balaban J connectivity index is 2.60. The molecular weight excluding hydrogens is 323 g/mol. The van der Waals surface area contributed by atoms with Crippen molar-refractivity contribution in [1.29, 1.82) is 0 Å². The number of nitrogens with one attached hydrogen (secondary N) is 2. The van der Waals surface area contributed by atoms with Gasteiger partial charge in [0.1, 0.15) is 11.9 Å². The summed E-state index contributed by atoms with van der Waals surface area (Å²) in [7, 11) is -3.87. The number of ether oxygens (including phenoxy) is 1. The first kappa shape index (κ1) is 19.5. The number of benzene rings is 1. The zero-order chi connectivity index (χ0) is 17.3. The Morgan fingerprint density at radius 2 is 1.91 bits per heavy atom. The molecule has 0 aromatic heterocycles. The summed E-state index contributed by atoms with van der Waals surface area (Å²) in [6.45, 7) is 5.15. The lowest BCUT2D eigenvalue weighted by Gasteiger charge is -2.17. The van der Waals surface area contributed by atoms with Crippen molar-refractivity contribution in [2.24, 2.45) is 0 Å². The Morgan fingerprint density at radius 3 is 2.48 bits per heavy atom. The first-order valence-electron chi connectivity index (χ1n) is 7.54. The molecule has 130 valence electrons. The van der Waals surface area contributed by atoms with Crippen molar-refractivity contribution < 1.29 is 22.3 Å². The van der Waals surface area contributed by atoms with Gasteiger partial charge < -0.3 is 10.1 Å². The molecule has 2 N–H and O–H groups in total. The fraction of sp³-hybridized carbons (Fsp3) is 0.533. The highest BCUT2D eigenvalue weighted by atomic mass is 32.2. The van der Waals surface area contributed by atoms with Crippen LogP contribution in [0.4, 0.5) is 4.39 Å². The van der Waals surface area contributed by atoms with Crippen molar-refractivity contribution >= 4 is 15.9 Å². The van der Waals surface area contributed by atoms with Crippen molar-refractivity contribution in [3.8, 4) is 0 Å². The van der Waals surface area contributed by atoms with E-state index in [0.717, 1.165) is 24.3 Å². The fourth-order valence-corrected chi connectivity index (χ4v) is 3.12. The average molecular weight is 346 g/mol. The Bertz CT molecular complexity index is 590. The highest BCUT2D eigenvalue weighted by Gasteiger charge is 2.24. The second kappa shape index (κ2) is 9.59. The molecule has 1 rings (SSSR count). The number of rotatable bonds is 10. The molecule has 0 spiro atoms. The summed E-state index contributed by atoms with van der Waals surface area (Å²) in [5.41, 5.74) is 0. The van der Waals surface area contributed by atoms with E-state index in [1.165, 1.54) is 0 Å². The quantitative estimate of drug-likeness (QED) is 0.628. The molecule has 8 heteroatoms. The molecule has 23 heavy (non-hydrogen) atoms. The Labute approximate surface area is 136 Å². The normalized spacial score (nSPS) is 12.8. The molecule has 6 nitrogen and oxygen atoms in total. The first-order valence-corrected chi connectivity index (χ1v) is 9.02. The topological polar surface area (TPSA) is 84.5 Å². The van der Waals surface area contributed by atoms with Gasteiger partial charge >= 0.3 is 0 Å². The molecule has 0 radical (unpaired) electrons. The molecule has 0 aliphatic carbocycles. The molecule has 0 fully saturated rings. The number of carbonyl (C=O) groups excluding carboxylic acids is 1. The van der Waals surface area contributed by atoms with Crippen LogP contribution in [0.3, 0.4) is 0 Å². The van der Waals surface area contributed by atoms with E-state index in [9.17, 15) is 17.6 Å². The van der Waals surface area contributed by atoms with Crippen LogP contribution in [0.5, 0.6) is 0 Å². The first-order chi connectivity index (χ1) is 10.9. The molecule has 1 aromatic carbocycles. The number of hydrogen-bond acceptors (Lipinski definition) is 4. The maximum atomic E-state index is 12.9. The van der Waals surface area contributed by atoms with Crippen LogP contribution in [0.2, 0.25) is 0 Å². The highest BCUT2D eigenvalue weighted by Crippen LogP contribution is 2.11. The molecule has 0 aliphatic heterocycles. The molecule has 1 unspecified atom stereocenters. The predicted octanol–water partition coefficient (Wildman–Crippen LogP) is 1.43. The van der Waals surface area contributed by atoms with E-state index in [-0.39, 0.29) is 4.90 Å². The van der Waals surface area contributed by atoms with Crippen LogP contribution in [0.25, 0.3) is 0 Å². The largest absolute Gasteiger partial charge is 0.382 e. The van der Waals surface area contributed by atoms with Gasteiger partial charge in [-0.15, -0.1) is 0 Å². The minimum Gasteiger partial charge on any atom is -0.382 e. The van der Waals surface area contributed by atoms with Gasteiger partial charge in [-0.05, 0) is 44.0 Å². The van der Waals surface area contributed by atoms with Crippen molar-refractivity contribution in [1.82, 2.24) is 10.0 Å². The number of carbonyl (C=O) groups is 1. The van der Waals surface area contributed by atoms with Crippen LogP contribution in [-0.4, -0.2) is 40.1 Å². The molecule has 1 atom stereocenters. The molecule has 0 aliphatic rings. The summed E-state index contributed by atoms with van der Waals surface area (Å²) in [4.78, 5) is 11.9. The Hall–Kier alpha value is -1.51. The Morgan fingerprint density at radius 1 is 1.26 bits per heavy atom. The molecule has 0 bridgehead atoms. The predicted molar refractivity (Wildman–Crippen MR) is 84.9 cm³/mol. The van der Waals surface area contributed by atoms with E-state index < -0.39 is 27.8 Å². The molecule has 0 saturated carbocycles. The maximum Gasteiger partial charge on any atom is 0.241 e. The smallest absolute Gasteiger partial charge is 0.241 e. The van der Waals surface area contributed by atoms with E-state index in [0.29, 0.717) is 32.6 Å². The zero-order valence-electron chi connectivity index (χ0n) is 13.3. The van der Waals surface area contributed by atoms with Crippen molar-refractivity contribution in [2.45, 2.75) is 37.6 Å². The lowest BCUT2D eigenvalue weighted by molar-refractivity contribution is -0.122. The third kappa shape index (κ3) is 6.64. The summed E-state index contributed by atoms with van der Waals surface area (Å²) in [5, 5.41) is 2.67. The SMILES string of the molecule is CCOCCCNC(=O)C(CC)NS(=O)(=O)c1ccc(F)cc1. The van der Waals surface area contributed by atoms with Crippen LogP contribution in [0.1, 0.15) is 26.7 Å². The van der Waals surface area contributed by atoms with Crippen molar-refractivity contribution in [3.63, 3.8) is 0 Å². The summed E-state index contributed by atoms with van der Waals surface area (Å²) >= 11 is 0. The molecule has 1 aromatic rings. The monoisotopic (exact) mass is 346 g/mol. The van der Waals surface area contributed by atoms with Crippen LogP contribution in [0, 0.1) is 5.82 Å². The fourth-order valence-electron chi connectivity index (χ4n) is 1.84. The van der Waals surface area contributed by atoms with Gasteiger partial charge in [-0.25, -0.2) is 12.8 Å². The van der Waals surface area contributed by atoms with Gasteiger partial charge in [0.25, 0.3) is 0 Å². The van der Waals surface area contributed by atoms with E-state index in [2.05, 4.69) is 10.0 Å². The molecule has 0 heterocycles.